The van der Waals surface area contributed by atoms with Gasteiger partial charge in [0.1, 0.15) is 0 Å². The zero-order valence-corrected chi connectivity index (χ0v) is 19.6. The van der Waals surface area contributed by atoms with Crippen molar-refractivity contribution in [3.8, 4) is 0 Å². The van der Waals surface area contributed by atoms with Crippen molar-refractivity contribution in [1.82, 2.24) is 0 Å². The number of aryl methyl sites for hydroxylation is 1. The Morgan fingerprint density at radius 3 is 1.82 bits per heavy atom. The van der Waals surface area contributed by atoms with Crippen LogP contribution in [0.3, 0.4) is 0 Å². The van der Waals surface area contributed by atoms with Crippen LogP contribution < -0.4 is 10.2 Å². The molecule has 2 aromatic rings. The minimum atomic E-state index is 0. The fourth-order valence-corrected chi connectivity index (χ4v) is 3.33. The molecule has 2 nitrogen and oxygen atoms in total. The summed E-state index contributed by atoms with van der Waals surface area (Å²) in [7, 11) is 0. The van der Waals surface area contributed by atoms with E-state index in [1.165, 1.54) is 5.56 Å². The van der Waals surface area contributed by atoms with Crippen LogP contribution in [0.1, 0.15) is 30.4 Å². The van der Waals surface area contributed by atoms with Crippen molar-refractivity contribution < 1.29 is 27.3 Å². The smallest absolute Gasteiger partial charge is 0.875 e. The predicted molar refractivity (Wildman–Crippen MR) is 130 cm³/mol. The van der Waals surface area contributed by atoms with Gasteiger partial charge < -0.3 is 10.2 Å². The maximum Gasteiger partial charge on any atom is 2.00 e. The minimum Gasteiger partial charge on any atom is -0.875 e. The second-order valence-electron chi connectivity index (χ2n) is 7.57. The monoisotopic (exact) mass is 476 g/mol. The molecule has 0 unspecified atom stereocenters. The van der Waals surface area contributed by atoms with Gasteiger partial charge in [-0.05, 0) is 41.5 Å². The van der Waals surface area contributed by atoms with Crippen molar-refractivity contribution in [1.29, 1.82) is 0 Å². The Labute approximate surface area is 207 Å². The quantitative estimate of drug-likeness (QED) is 0.298. The molecule has 33 heavy (non-hydrogen) atoms. The summed E-state index contributed by atoms with van der Waals surface area (Å²) in [5, 5.41) is 23.3. The summed E-state index contributed by atoms with van der Waals surface area (Å²) in [4.78, 5) is 0. The first-order valence-corrected chi connectivity index (χ1v) is 11.0. The van der Waals surface area contributed by atoms with E-state index < -0.39 is 0 Å². The van der Waals surface area contributed by atoms with Gasteiger partial charge in [0.15, 0.2) is 0 Å². The normalized spacial score (nSPS) is 13.2. The van der Waals surface area contributed by atoms with E-state index in [0.717, 1.165) is 36.0 Å². The number of unbranched alkanes of at least 4 members (excludes halogenated alkanes) is 1. The molecule has 3 heteroatoms. The van der Waals surface area contributed by atoms with Crippen LogP contribution in [-0.2, 0) is 23.5 Å². The molecule has 0 radical (unpaired) electrons. The van der Waals surface area contributed by atoms with E-state index in [9.17, 15) is 10.2 Å². The van der Waals surface area contributed by atoms with Gasteiger partial charge >= 0.3 is 17.1 Å². The molecular formula is C30H28FeO2. The van der Waals surface area contributed by atoms with Crippen molar-refractivity contribution in [2.24, 2.45) is 0 Å². The van der Waals surface area contributed by atoms with Crippen LogP contribution in [0.25, 0.3) is 6.08 Å². The summed E-state index contributed by atoms with van der Waals surface area (Å²) in [5.74, 6) is 0.312. The maximum atomic E-state index is 11.7. The van der Waals surface area contributed by atoms with Crippen molar-refractivity contribution in [3.63, 3.8) is 0 Å². The summed E-state index contributed by atoms with van der Waals surface area (Å²) in [5.41, 5.74) is 3.98. The van der Waals surface area contributed by atoms with Crippen LogP contribution >= 0.6 is 0 Å². The summed E-state index contributed by atoms with van der Waals surface area (Å²) in [6.07, 6.45) is 22.2. The first-order valence-electron chi connectivity index (χ1n) is 11.0. The van der Waals surface area contributed by atoms with Gasteiger partial charge in [0.2, 0.25) is 0 Å². The van der Waals surface area contributed by atoms with Gasteiger partial charge in [-0.25, -0.2) is 0 Å². The van der Waals surface area contributed by atoms with Crippen LogP contribution in [0.15, 0.2) is 138 Å². The summed E-state index contributed by atoms with van der Waals surface area (Å²) < 4.78 is 0. The van der Waals surface area contributed by atoms with Crippen molar-refractivity contribution >= 4 is 6.08 Å². The molecule has 0 saturated carbocycles. The Hall–Kier alpha value is -3.26. The van der Waals surface area contributed by atoms with Gasteiger partial charge in [0, 0.05) is 0 Å². The van der Waals surface area contributed by atoms with Crippen LogP contribution in [-0.4, -0.2) is 0 Å². The summed E-state index contributed by atoms with van der Waals surface area (Å²) in [6.45, 7) is 0. The standard InChI is InChI=1S/C16H18O.C14H12O.Fe/c17-16(15-11-5-6-12-15)13-7-4-10-14-8-2-1-3-9-14;15-14(13-8-4-5-9-13)11-10-12-6-2-1-3-7-12;/h1-3,5-6,8-9,11-12,17H,4,7,10,13H2;1-11,15H;/q;;+2/p-2. The van der Waals surface area contributed by atoms with Crippen LogP contribution in [0.5, 0.6) is 0 Å². The third-order valence-corrected chi connectivity index (χ3v) is 5.12. The zero-order valence-electron chi connectivity index (χ0n) is 18.5. The Morgan fingerprint density at radius 2 is 1.21 bits per heavy atom. The number of hydrogen-bond donors (Lipinski definition) is 0. The second kappa shape index (κ2) is 14.7. The molecule has 2 aliphatic rings. The Balaban J connectivity index is 0.000000228. The molecule has 0 N–H and O–H groups in total. The molecule has 0 aliphatic heterocycles. The Bertz CT molecular complexity index is 1040. The molecule has 0 atom stereocenters. The first kappa shape index (κ1) is 26.0. The maximum absolute atomic E-state index is 11.7. The average Bonchev–Trinajstić information content (AvgIpc) is 3.57. The molecule has 0 heterocycles. The molecule has 0 fully saturated rings. The number of hydrogen-bond acceptors (Lipinski definition) is 2. The Morgan fingerprint density at radius 1 is 0.667 bits per heavy atom. The van der Waals surface area contributed by atoms with E-state index >= 15 is 0 Å². The molecule has 0 saturated heterocycles. The molecule has 0 spiro atoms. The van der Waals surface area contributed by atoms with Gasteiger partial charge in [-0.3, -0.25) is 0 Å². The van der Waals surface area contributed by atoms with Crippen LogP contribution in [0.2, 0.25) is 0 Å². The molecule has 2 aliphatic carbocycles. The van der Waals surface area contributed by atoms with Gasteiger partial charge in [0.25, 0.3) is 0 Å². The van der Waals surface area contributed by atoms with Gasteiger partial charge in [-0.15, -0.1) is 11.5 Å². The van der Waals surface area contributed by atoms with Gasteiger partial charge in [0.05, 0.1) is 0 Å². The second-order valence-corrected chi connectivity index (χ2v) is 7.57. The van der Waals surface area contributed by atoms with E-state index in [0.29, 0.717) is 6.42 Å². The van der Waals surface area contributed by atoms with Gasteiger partial charge in [-0.1, -0.05) is 128 Å². The minimum absolute atomic E-state index is 0. The van der Waals surface area contributed by atoms with E-state index in [-0.39, 0.29) is 28.6 Å². The van der Waals surface area contributed by atoms with E-state index in [1.54, 1.807) is 6.08 Å². The summed E-state index contributed by atoms with van der Waals surface area (Å²) >= 11 is 0. The SMILES string of the molecule is [Fe+2].[O-]C(C=Cc1ccccc1)=C1C=CC=C1.[O-]C(CCCCc1ccccc1)=C1C=CC=C1. The number of benzene rings is 2. The molecule has 2 aromatic carbocycles. The number of allylic oxidation sites excluding steroid dienone is 12. The van der Waals surface area contributed by atoms with E-state index in [1.807, 2.05) is 91.1 Å². The fourth-order valence-electron chi connectivity index (χ4n) is 3.33. The van der Waals surface area contributed by atoms with Crippen molar-refractivity contribution in [3.05, 3.63) is 149 Å². The summed E-state index contributed by atoms with van der Waals surface area (Å²) in [6, 6.07) is 20.2. The molecule has 168 valence electrons. The van der Waals surface area contributed by atoms with E-state index in [2.05, 4.69) is 24.3 Å². The average molecular weight is 476 g/mol. The predicted octanol–water partition coefficient (Wildman–Crippen LogP) is 5.58. The third-order valence-electron chi connectivity index (χ3n) is 5.12. The topological polar surface area (TPSA) is 46.1 Å². The van der Waals surface area contributed by atoms with Gasteiger partial charge in [-0.2, -0.15) is 0 Å². The molecular weight excluding hydrogens is 448 g/mol. The molecule has 0 aromatic heterocycles. The van der Waals surface area contributed by atoms with Crippen LogP contribution in [0, 0.1) is 0 Å². The van der Waals surface area contributed by atoms with Crippen molar-refractivity contribution in [2.75, 3.05) is 0 Å². The number of rotatable bonds is 7. The molecule has 0 bridgehead atoms. The largest absolute Gasteiger partial charge is 2.00 e. The van der Waals surface area contributed by atoms with E-state index in [4.69, 9.17) is 0 Å². The zero-order chi connectivity index (χ0) is 22.4. The first-order chi connectivity index (χ1) is 15.7. The fraction of sp³-hybridized carbons (Fsp3) is 0.133. The van der Waals surface area contributed by atoms with Crippen LogP contribution in [0.4, 0.5) is 0 Å². The van der Waals surface area contributed by atoms with Crippen molar-refractivity contribution in [2.45, 2.75) is 25.7 Å². The third kappa shape index (κ3) is 9.41. The molecule has 4 rings (SSSR count). The molecule has 0 amide bonds. The Kier molecular flexibility index (Phi) is 11.6.